The third-order valence-electron chi connectivity index (χ3n) is 9.39. The number of hydrogen-bond acceptors (Lipinski definition) is 11. The van der Waals surface area contributed by atoms with Crippen molar-refractivity contribution in [2.24, 2.45) is 0 Å². The van der Waals surface area contributed by atoms with Crippen LogP contribution in [0.3, 0.4) is 0 Å². The van der Waals surface area contributed by atoms with Gasteiger partial charge in [0, 0.05) is 12.8 Å². The van der Waals surface area contributed by atoms with Crippen molar-refractivity contribution in [3.05, 3.63) is 48.6 Å². The fourth-order valence-electron chi connectivity index (χ4n) is 6.10. The Balaban J connectivity index is 2.51. The van der Waals surface area contributed by atoms with Gasteiger partial charge in [0.15, 0.2) is 12.4 Å². The van der Waals surface area contributed by atoms with E-state index in [1.54, 1.807) is 0 Å². The highest BCUT2D eigenvalue weighted by Crippen LogP contribution is 2.24. The molecule has 13 heteroatoms. The van der Waals surface area contributed by atoms with Crippen molar-refractivity contribution in [3.63, 3.8) is 0 Å². The van der Waals surface area contributed by atoms with Crippen LogP contribution in [0.15, 0.2) is 48.6 Å². The molecule has 0 amide bonds. The second-order valence-electron chi connectivity index (χ2n) is 14.6. The van der Waals surface area contributed by atoms with Gasteiger partial charge in [0.05, 0.1) is 6.61 Å². The van der Waals surface area contributed by atoms with Crippen molar-refractivity contribution in [1.82, 2.24) is 0 Å². The Labute approximate surface area is 337 Å². The standard InChI is InChI=1S/C43H74O12S/c1-3-5-7-9-11-13-15-17-18-20-22-24-26-28-30-32-39(45)54-36(34-53-43-42(48)41(47)40(46)37(55-43)35-56(49,50)51)33-52-38(44)31-29-27-25-23-21-19-16-14-12-10-8-6-4-2/h5,7,11,13,17-19,21,36-37,40-43,46-48H,3-4,6,8-10,12,14-16,20,22-35H2,1-2H3,(H,49,50,51)/b7-5+,13-11+,18-17+,21-19+/t36-,37-,40-,41?,42?,43+/m1/s1. The second kappa shape index (κ2) is 33.6. The maximum Gasteiger partial charge on any atom is 0.306 e. The first kappa shape index (κ1) is 51.6. The molecule has 324 valence electrons. The Kier molecular flexibility index (Phi) is 30.9. The molecule has 4 N–H and O–H groups in total. The first-order chi connectivity index (χ1) is 27.0. The largest absolute Gasteiger partial charge is 0.462 e. The molecule has 6 atom stereocenters. The van der Waals surface area contributed by atoms with E-state index >= 15 is 0 Å². The predicted molar refractivity (Wildman–Crippen MR) is 219 cm³/mol. The molecular weight excluding hydrogens is 741 g/mol. The summed E-state index contributed by atoms with van der Waals surface area (Å²) >= 11 is 0. The first-order valence-electron chi connectivity index (χ1n) is 21.2. The molecule has 0 aromatic heterocycles. The van der Waals surface area contributed by atoms with E-state index in [1.807, 2.05) is 0 Å². The molecule has 12 nitrogen and oxygen atoms in total. The number of allylic oxidation sites excluding steroid dienone is 8. The lowest BCUT2D eigenvalue weighted by atomic mass is 10.00. The number of aliphatic hydroxyl groups is 3. The van der Waals surface area contributed by atoms with Crippen LogP contribution in [0.25, 0.3) is 0 Å². The van der Waals surface area contributed by atoms with Crippen LogP contribution in [-0.2, 0) is 38.7 Å². The molecule has 0 aromatic rings. The van der Waals surface area contributed by atoms with Crippen molar-refractivity contribution in [1.29, 1.82) is 0 Å². The molecule has 1 rings (SSSR count). The summed E-state index contributed by atoms with van der Waals surface area (Å²) in [6.07, 6.45) is 28.8. The van der Waals surface area contributed by atoms with Crippen LogP contribution in [0.5, 0.6) is 0 Å². The number of ether oxygens (including phenoxy) is 4. The lowest BCUT2D eigenvalue weighted by Crippen LogP contribution is -2.60. The highest BCUT2D eigenvalue weighted by Gasteiger charge is 2.46. The van der Waals surface area contributed by atoms with Crippen LogP contribution >= 0.6 is 0 Å². The molecule has 1 heterocycles. The summed E-state index contributed by atoms with van der Waals surface area (Å²) in [6, 6.07) is 0. The minimum atomic E-state index is -4.60. The van der Waals surface area contributed by atoms with Gasteiger partial charge >= 0.3 is 11.9 Å². The molecule has 1 saturated heterocycles. The van der Waals surface area contributed by atoms with Crippen LogP contribution in [-0.4, -0.2) is 96.0 Å². The fourth-order valence-corrected chi connectivity index (χ4v) is 6.79. The summed E-state index contributed by atoms with van der Waals surface area (Å²) in [7, 11) is -4.60. The van der Waals surface area contributed by atoms with Gasteiger partial charge in [-0.1, -0.05) is 120 Å². The number of esters is 2. The van der Waals surface area contributed by atoms with Gasteiger partial charge in [-0.2, -0.15) is 8.42 Å². The maximum absolute atomic E-state index is 12.8. The van der Waals surface area contributed by atoms with Crippen molar-refractivity contribution in [3.8, 4) is 0 Å². The van der Waals surface area contributed by atoms with Gasteiger partial charge in [0.25, 0.3) is 10.1 Å². The summed E-state index contributed by atoms with van der Waals surface area (Å²) < 4.78 is 53.9. The topological polar surface area (TPSA) is 186 Å². The summed E-state index contributed by atoms with van der Waals surface area (Å²) in [5, 5.41) is 30.8. The predicted octanol–water partition coefficient (Wildman–Crippen LogP) is 8.00. The van der Waals surface area contributed by atoms with Crippen LogP contribution in [0.4, 0.5) is 0 Å². The van der Waals surface area contributed by atoms with E-state index in [2.05, 4.69) is 62.5 Å². The molecule has 1 fully saturated rings. The van der Waals surface area contributed by atoms with E-state index in [1.165, 1.54) is 38.5 Å². The molecule has 0 spiro atoms. The summed E-state index contributed by atoms with van der Waals surface area (Å²) in [6.45, 7) is 3.59. The Morgan fingerprint density at radius 2 is 1.12 bits per heavy atom. The highest BCUT2D eigenvalue weighted by molar-refractivity contribution is 7.85. The van der Waals surface area contributed by atoms with E-state index in [0.29, 0.717) is 12.8 Å². The minimum Gasteiger partial charge on any atom is -0.462 e. The maximum atomic E-state index is 12.8. The van der Waals surface area contributed by atoms with Crippen molar-refractivity contribution in [2.75, 3.05) is 19.0 Å². The Morgan fingerprint density at radius 3 is 1.71 bits per heavy atom. The molecule has 0 aromatic carbocycles. The van der Waals surface area contributed by atoms with Crippen molar-refractivity contribution < 1.29 is 56.8 Å². The molecule has 1 aliphatic heterocycles. The van der Waals surface area contributed by atoms with E-state index in [9.17, 15) is 37.9 Å². The molecule has 2 unspecified atom stereocenters. The van der Waals surface area contributed by atoms with Gasteiger partial charge in [-0.05, 0) is 70.6 Å². The van der Waals surface area contributed by atoms with Crippen molar-refractivity contribution >= 4 is 22.1 Å². The number of unbranched alkanes of at least 4 members (excludes halogenated alkanes) is 14. The molecule has 0 saturated carbocycles. The minimum absolute atomic E-state index is 0.140. The van der Waals surface area contributed by atoms with E-state index in [-0.39, 0.29) is 19.4 Å². The molecule has 0 radical (unpaired) electrons. The fraction of sp³-hybridized carbons (Fsp3) is 0.767. The number of rotatable bonds is 34. The van der Waals surface area contributed by atoms with Gasteiger partial charge in [0.2, 0.25) is 0 Å². The third-order valence-corrected chi connectivity index (χ3v) is 10.1. The van der Waals surface area contributed by atoms with Gasteiger partial charge in [-0.15, -0.1) is 0 Å². The lowest BCUT2D eigenvalue weighted by Gasteiger charge is -2.40. The number of carbonyl (C=O) groups excluding carboxylic acids is 2. The summed E-state index contributed by atoms with van der Waals surface area (Å²) in [5.74, 6) is -2.03. The van der Waals surface area contributed by atoms with E-state index in [4.69, 9.17) is 18.9 Å². The Hall–Kier alpha value is -2.39. The Bertz CT molecular complexity index is 1230. The smallest absolute Gasteiger partial charge is 0.306 e. The average Bonchev–Trinajstić information content (AvgIpc) is 3.16. The zero-order chi connectivity index (χ0) is 41.3. The van der Waals surface area contributed by atoms with E-state index in [0.717, 1.165) is 77.0 Å². The first-order valence-corrected chi connectivity index (χ1v) is 22.8. The highest BCUT2D eigenvalue weighted by atomic mass is 32.2. The molecular formula is C43H74O12S. The number of carbonyl (C=O) groups is 2. The zero-order valence-corrected chi connectivity index (χ0v) is 35.0. The Morgan fingerprint density at radius 1 is 0.625 bits per heavy atom. The normalized spacial score (nSPS) is 21.1. The monoisotopic (exact) mass is 814 g/mol. The van der Waals surface area contributed by atoms with E-state index < -0.39 is 71.2 Å². The van der Waals surface area contributed by atoms with Crippen molar-refractivity contribution in [2.45, 2.75) is 192 Å². The average molecular weight is 815 g/mol. The van der Waals surface area contributed by atoms with Crippen LogP contribution in [0, 0.1) is 0 Å². The quantitative estimate of drug-likeness (QED) is 0.0213. The summed E-state index contributed by atoms with van der Waals surface area (Å²) in [4.78, 5) is 25.3. The van der Waals surface area contributed by atoms with Gasteiger partial charge in [-0.3, -0.25) is 14.1 Å². The second-order valence-corrected chi connectivity index (χ2v) is 16.1. The third kappa shape index (κ3) is 28.1. The van der Waals surface area contributed by atoms with Gasteiger partial charge in [0.1, 0.15) is 36.8 Å². The zero-order valence-electron chi connectivity index (χ0n) is 34.2. The molecule has 0 bridgehead atoms. The lowest BCUT2D eigenvalue weighted by molar-refractivity contribution is -0.297. The number of aliphatic hydroxyl groups excluding tert-OH is 3. The van der Waals surface area contributed by atoms with Gasteiger partial charge < -0.3 is 34.3 Å². The van der Waals surface area contributed by atoms with Gasteiger partial charge in [-0.25, -0.2) is 0 Å². The molecule has 1 aliphatic rings. The summed E-state index contributed by atoms with van der Waals surface area (Å²) in [5.41, 5.74) is 0. The van der Waals surface area contributed by atoms with Crippen LogP contribution in [0.1, 0.15) is 155 Å². The SMILES string of the molecule is CC/C=C/C/C=C/C/C=C/CCCCCCCC(=O)O[C@H](COC(=O)CCCCC/C=C/CCCCCCCC)CO[C@H]1O[C@H](CS(=O)(=O)O)[C@@H](O)C(O)C1O. The molecule has 0 aliphatic carbocycles. The number of hydrogen-bond donors (Lipinski definition) is 4. The van der Waals surface area contributed by atoms with Crippen LogP contribution < -0.4 is 0 Å². The van der Waals surface area contributed by atoms with Crippen LogP contribution in [0.2, 0.25) is 0 Å². The molecule has 56 heavy (non-hydrogen) atoms.